The predicted molar refractivity (Wildman–Crippen MR) is 76.2 cm³/mol. The van der Waals surface area contributed by atoms with Crippen LogP contribution in [0.3, 0.4) is 0 Å². The molecule has 1 fully saturated rings. The van der Waals surface area contributed by atoms with E-state index in [1.54, 1.807) is 7.11 Å². The number of hydrogen-bond acceptors (Lipinski definition) is 2. The van der Waals surface area contributed by atoms with Gasteiger partial charge in [0.05, 0.1) is 7.11 Å². The molecule has 0 heterocycles. The maximum absolute atomic E-state index is 12.1. The molecule has 0 bridgehead atoms. The maximum Gasteiger partial charge on any atom is 0.137 e. The molecule has 0 saturated heterocycles. The van der Waals surface area contributed by atoms with Gasteiger partial charge in [0.1, 0.15) is 11.5 Å². The van der Waals surface area contributed by atoms with Gasteiger partial charge in [-0.05, 0) is 29.5 Å². The fourth-order valence-electron chi connectivity index (χ4n) is 2.76. The van der Waals surface area contributed by atoms with Crippen molar-refractivity contribution < 1.29 is 9.53 Å². The molecule has 1 aromatic carbocycles. The number of ketones is 1. The van der Waals surface area contributed by atoms with Crippen molar-refractivity contribution in [3.63, 3.8) is 0 Å². The highest BCUT2D eigenvalue weighted by molar-refractivity contribution is 9.09. The molecule has 0 spiro atoms. The third kappa shape index (κ3) is 2.46. The van der Waals surface area contributed by atoms with Gasteiger partial charge in [-0.25, -0.2) is 0 Å². The van der Waals surface area contributed by atoms with Crippen LogP contribution < -0.4 is 4.74 Å². The van der Waals surface area contributed by atoms with Gasteiger partial charge in [0.25, 0.3) is 0 Å². The van der Waals surface area contributed by atoms with Crippen LogP contribution in [0, 0.1) is 11.3 Å². The van der Waals surface area contributed by atoms with Crippen LogP contribution in [0.4, 0.5) is 0 Å². The molecular weight excluding hydrogens is 292 g/mol. The second kappa shape index (κ2) is 5.04. The van der Waals surface area contributed by atoms with Gasteiger partial charge >= 0.3 is 0 Å². The third-order valence-corrected chi connectivity index (χ3v) is 4.97. The molecule has 1 aromatic rings. The van der Waals surface area contributed by atoms with Crippen LogP contribution in [-0.2, 0) is 4.79 Å². The molecule has 0 aromatic heterocycles. The zero-order valence-electron chi connectivity index (χ0n) is 11.1. The lowest BCUT2D eigenvalue weighted by Crippen LogP contribution is -2.26. The topological polar surface area (TPSA) is 26.3 Å². The molecule has 1 aliphatic rings. The highest BCUT2D eigenvalue weighted by Crippen LogP contribution is 2.50. The Balaban J connectivity index is 2.30. The van der Waals surface area contributed by atoms with E-state index in [1.807, 2.05) is 24.3 Å². The predicted octanol–water partition coefficient (Wildman–Crippen LogP) is 4.14. The van der Waals surface area contributed by atoms with Crippen molar-refractivity contribution in [2.75, 3.05) is 7.11 Å². The average molecular weight is 311 g/mol. The van der Waals surface area contributed by atoms with E-state index >= 15 is 0 Å². The Hall–Kier alpha value is -0.830. The summed E-state index contributed by atoms with van der Waals surface area (Å²) in [7, 11) is 1.66. The van der Waals surface area contributed by atoms with Crippen LogP contribution in [0.25, 0.3) is 0 Å². The lowest BCUT2D eigenvalue weighted by molar-refractivity contribution is -0.122. The van der Waals surface area contributed by atoms with Crippen molar-refractivity contribution in [2.45, 2.75) is 31.5 Å². The lowest BCUT2D eigenvalue weighted by Gasteiger charge is -2.30. The number of halogens is 1. The summed E-state index contributed by atoms with van der Waals surface area (Å²) in [4.78, 5) is 12.2. The minimum absolute atomic E-state index is 0.0459. The van der Waals surface area contributed by atoms with Gasteiger partial charge in [-0.15, -0.1) is 0 Å². The van der Waals surface area contributed by atoms with Crippen molar-refractivity contribution in [1.82, 2.24) is 0 Å². The van der Waals surface area contributed by atoms with E-state index in [-0.39, 0.29) is 16.2 Å². The summed E-state index contributed by atoms with van der Waals surface area (Å²) in [6, 6.07) is 7.93. The Bertz CT molecular complexity index is 454. The van der Waals surface area contributed by atoms with Crippen LogP contribution >= 0.6 is 15.9 Å². The quantitative estimate of drug-likeness (QED) is 0.784. The van der Waals surface area contributed by atoms with Gasteiger partial charge in [0, 0.05) is 17.2 Å². The molecule has 0 radical (unpaired) electrons. The monoisotopic (exact) mass is 310 g/mol. The summed E-state index contributed by atoms with van der Waals surface area (Å²) in [6.07, 6.45) is 1.67. The second-order valence-corrected chi connectivity index (χ2v) is 6.60. The number of methoxy groups -OCH3 is 1. The average Bonchev–Trinajstić information content (AvgIpc) is 2.63. The van der Waals surface area contributed by atoms with Crippen molar-refractivity contribution in [3.8, 4) is 5.75 Å². The number of carbonyl (C=O) groups excluding carboxylic acids is 1. The summed E-state index contributed by atoms with van der Waals surface area (Å²) in [5.74, 6) is 1.24. The normalized spacial score (nSPS) is 24.0. The van der Waals surface area contributed by atoms with E-state index in [9.17, 15) is 4.79 Å². The Labute approximate surface area is 117 Å². The van der Waals surface area contributed by atoms with Gasteiger partial charge in [-0.3, -0.25) is 4.79 Å². The smallest absolute Gasteiger partial charge is 0.137 e. The van der Waals surface area contributed by atoms with Crippen molar-refractivity contribution in [3.05, 3.63) is 29.8 Å². The van der Waals surface area contributed by atoms with Crippen LogP contribution in [0.1, 0.15) is 37.1 Å². The summed E-state index contributed by atoms with van der Waals surface area (Å²) < 4.78 is 5.24. The summed E-state index contributed by atoms with van der Waals surface area (Å²) in [5, 5.41) is 0. The van der Waals surface area contributed by atoms with Crippen molar-refractivity contribution in [1.29, 1.82) is 0 Å². The summed E-state index contributed by atoms with van der Waals surface area (Å²) in [5.41, 5.74) is 1.18. The number of hydrogen-bond donors (Lipinski definition) is 0. The van der Waals surface area contributed by atoms with Crippen molar-refractivity contribution >= 4 is 21.7 Å². The van der Waals surface area contributed by atoms with Crippen LogP contribution in [0.2, 0.25) is 0 Å². The SMILES string of the molecule is COc1cccc(C(Br)C2C(=O)CCC2(C)C)c1. The Morgan fingerprint density at radius 3 is 2.72 bits per heavy atom. The fraction of sp³-hybridized carbons (Fsp3) is 0.533. The molecule has 3 heteroatoms. The fourth-order valence-corrected chi connectivity index (χ4v) is 4.05. The van der Waals surface area contributed by atoms with Crippen LogP contribution in [0.5, 0.6) is 5.75 Å². The molecule has 2 rings (SSSR count). The lowest BCUT2D eigenvalue weighted by atomic mass is 9.78. The van der Waals surface area contributed by atoms with Gasteiger partial charge in [-0.2, -0.15) is 0 Å². The van der Waals surface area contributed by atoms with Crippen LogP contribution in [0.15, 0.2) is 24.3 Å². The number of alkyl halides is 1. The highest BCUT2D eigenvalue weighted by atomic mass is 79.9. The van der Waals surface area contributed by atoms with Gasteiger partial charge < -0.3 is 4.74 Å². The standard InChI is InChI=1S/C15H19BrO2/c1-15(2)8-7-12(17)13(15)14(16)10-5-4-6-11(9-10)18-3/h4-6,9,13-14H,7-8H2,1-3H3. The molecule has 0 N–H and O–H groups in total. The first kappa shape index (κ1) is 13.6. The zero-order valence-corrected chi connectivity index (χ0v) is 12.7. The second-order valence-electron chi connectivity index (χ2n) is 5.61. The molecule has 98 valence electrons. The van der Waals surface area contributed by atoms with E-state index in [0.717, 1.165) is 17.7 Å². The maximum atomic E-state index is 12.1. The largest absolute Gasteiger partial charge is 0.497 e. The molecule has 1 aliphatic carbocycles. The van der Waals surface area contributed by atoms with E-state index < -0.39 is 0 Å². The zero-order chi connectivity index (χ0) is 13.3. The number of carbonyl (C=O) groups is 1. The number of benzene rings is 1. The highest BCUT2D eigenvalue weighted by Gasteiger charge is 2.45. The number of ether oxygens (including phenoxy) is 1. The minimum atomic E-state index is 0.0459. The first-order valence-corrected chi connectivity index (χ1v) is 7.18. The van der Waals surface area contributed by atoms with E-state index in [4.69, 9.17) is 4.74 Å². The first-order valence-electron chi connectivity index (χ1n) is 6.26. The number of rotatable bonds is 3. The van der Waals surface area contributed by atoms with Crippen LogP contribution in [-0.4, -0.2) is 12.9 Å². The molecule has 2 atom stereocenters. The van der Waals surface area contributed by atoms with Gasteiger partial charge in [-0.1, -0.05) is 41.9 Å². The molecule has 2 nitrogen and oxygen atoms in total. The molecular formula is C15H19BrO2. The first-order chi connectivity index (χ1) is 8.45. The van der Waals surface area contributed by atoms with E-state index in [1.165, 1.54) is 0 Å². The Morgan fingerprint density at radius 2 is 2.17 bits per heavy atom. The van der Waals surface area contributed by atoms with Gasteiger partial charge in [0.2, 0.25) is 0 Å². The summed E-state index contributed by atoms with van der Waals surface area (Å²) in [6.45, 7) is 4.36. The molecule has 1 saturated carbocycles. The van der Waals surface area contributed by atoms with E-state index in [2.05, 4.69) is 29.8 Å². The minimum Gasteiger partial charge on any atom is -0.497 e. The molecule has 18 heavy (non-hydrogen) atoms. The number of Topliss-reactive ketones (excluding diaryl/α,β-unsaturated/α-hetero) is 1. The third-order valence-electron chi connectivity index (χ3n) is 3.91. The van der Waals surface area contributed by atoms with E-state index in [0.29, 0.717) is 12.2 Å². The molecule has 0 amide bonds. The Morgan fingerprint density at radius 1 is 1.44 bits per heavy atom. The van der Waals surface area contributed by atoms with Crippen molar-refractivity contribution in [2.24, 2.45) is 11.3 Å². The molecule has 2 unspecified atom stereocenters. The molecule has 0 aliphatic heterocycles. The van der Waals surface area contributed by atoms with Gasteiger partial charge in [0.15, 0.2) is 0 Å². The summed E-state index contributed by atoms with van der Waals surface area (Å²) >= 11 is 3.72. The Kier molecular flexibility index (Phi) is 3.81.